The summed E-state index contributed by atoms with van der Waals surface area (Å²) >= 11 is 11.2. The second kappa shape index (κ2) is 8.12. The Hall–Kier alpha value is -1.13. The molecule has 0 aliphatic carbocycles. The van der Waals surface area contributed by atoms with Crippen molar-refractivity contribution in [2.24, 2.45) is 0 Å². The van der Waals surface area contributed by atoms with Crippen LogP contribution in [0.2, 0.25) is 5.02 Å². The smallest absolute Gasteiger partial charge is 0.226 e. The van der Waals surface area contributed by atoms with Crippen molar-refractivity contribution < 1.29 is 4.79 Å². The van der Waals surface area contributed by atoms with Crippen LogP contribution in [0.1, 0.15) is 25.8 Å². The largest absolute Gasteiger partial charge is 0.350 e. The standard InChI is InChI=1S/C14H19ClN2OS/c1-3-17(4-2)14(19)16-13(18)10-9-11-7-5-6-8-12(11)15/h5-8H,3-4,9-10H2,1-2H3,(H,16,18,19). The van der Waals surface area contributed by atoms with Crippen LogP contribution >= 0.6 is 23.8 Å². The molecule has 0 aliphatic heterocycles. The Morgan fingerprint density at radius 2 is 1.95 bits per heavy atom. The van der Waals surface area contributed by atoms with Crippen LogP contribution in [-0.4, -0.2) is 29.0 Å². The molecule has 0 bridgehead atoms. The number of hydrogen-bond acceptors (Lipinski definition) is 2. The van der Waals surface area contributed by atoms with Gasteiger partial charge in [-0.3, -0.25) is 4.79 Å². The number of amides is 1. The first kappa shape index (κ1) is 15.9. The lowest BCUT2D eigenvalue weighted by Crippen LogP contribution is -2.42. The van der Waals surface area contributed by atoms with Crippen LogP contribution in [0, 0.1) is 0 Å². The highest BCUT2D eigenvalue weighted by molar-refractivity contribution is 7.80. The topological polar surface area (TPSA) is 32.3 Å². The molecule has 0 spiro atoms. The summed E-state index contributed by atoms with van der Waals surface area (Å²) in [5.41, 5.74) is 0.980. The van der Waals surface area contributed by atoms with Crippen LogP contribution in [0.3, 0.4) is 0 Å². The minimum atomic E-state index is -0.0724. The highest BCUT2D eigenvalue weighted by Crippen LogP contribution is 2.16. The van der Waals surface area contributed by atoms with E-state index in [1.54, 1.807) is 0 Å². The van der Waals surface area contributed by atoms with Crippen LogP contribution in [0.15, 0.2) is 24.3 Å². The van der Waals surface area contributed by atoms with Gasteiger partial charge in [0.15, 0.2) is 5.11 Å². The number of benzene rings is 1. The summed E-state index contributed by atoms with van der Waals surface area (Å²) in [5, 5.41) is 3.94. The molecule has 0 fully saturated rings. The van der Waals surface area contributed by atoms with Crippen LogP contribution < -0.4 is 5.32 Å². The summed E-state index contributed by atoms with van der Waals surface area (Å²) in [6, 6.07) is 7.55. The highest BCUT2D eigenvalue weighted by atomic mass is 35.5. The van der Waals surface area contributed by atoms with E-state index in [1.165, 1.54) is 0 Å². The van der Waals surface area contributed by atoms with Crippen molar-refractivity contribution in [1.29, 1.82) is 0 Å². The van der Waals surface area contributed by atoms with E-state index in [0.29, 0.717) is 23.0 Å². The van der Waals surface area contributed by atoms with Crippen LogP contribution in [0.4, 0.5) is 0 Å². The maximum absolute atomic E-state index is 11.8. The third-order valence-corrected chi connectivity index (χ3v) is 3.61. The predicted octanol–water partition coefficient (Wildman–Crippen LogP) is 3.02. The molecule has 0 saturated heterocycles. The molecular formula is C14H19ClN2OS. The van der Waals surface area contributed by atoms with Gasteiger partial charge in [-0.1, -0.05) is 29.8 Å². The van der Waals surface area contributed by atoms with Crippen LogP contribution in [0.25, 0.3) is 0 Å². The molecule has 0 heterocycles. The van der Waals surface area contributed by atoms with Gasteiger partial charge < -0.3 is 10.2 Å². The van der Waals surface area contributed by atoms with Gasteiger partial charge in [-0.2, -0.15) is 0 Å². The summed E-state index contributed by atoms with van der Waals surface area (Å²) in [5.74, 6) is -0.0724. The quantitative estimate of drug-likeness (QED) is 0.848. The number of rotatable bonds is 5. The molecule has 0 unspecified atom stereocenters. The molecule has 0 aromatic heterocycles. The van der Waals surface area contributed by atoms with E-state index >= 15 is 0 Å². The fourth-order valence-electron chi connectivity index (χ4n) is 1.72. The van der Waals surface area contributed by atoms with Gasteiger partial charge in [0, 0.05) is 24.5 Å². The maximum Gasteiger partial charge on any atom is 0.226 e. The molecule has 0 saturated carbocycles. The van der Waals surface area contributed by atoms with Gasteiger partial charge in [0.2, 0.25) is 5.91 Å². The van der Waals surface area contributed by atoms with Gasteiger partial charge >= 0.3 is 0 Å². The first-order chi connectivity index (χ1) is 9.08. The molecule has 0 radical (unpaired) electrons. The fraction of sp³-hybridized carbons (Fsp3) is 0.429. The molecule has 5 heteroatoms. The number of aryl methyl sites for hydroxylation is 1. The van der Waals surface area contributed by atoms with E-state index in [1.807, 2.05) is 43.0 Å². The molecule has 1 N–H and O–H groups in total. The Kier molecular flexibility index (Phi) is 6.81. The van der Waals surface area contributed by atoms with Crippen molar-refractivity contribution in [3.8, 4) is 0 Å². The van der Waals surface area contributed by atoms with E-state index in [-0.39, 0.29) is 5.91 Å². The third kappa shape index (κ3) is 5.17. The van der Waals surface area contributed by atoms with Crippen LogP contribution in [-0.2, 0) is 11.2 Å². The minimum Gasteiger partial charge on any atom is -0.350 e. The Balaban J connectivity index is 2.44. The number of nitrogens with zero attached hydrogens (tertiary/aromatic N) is 1. The molecule has 19 heavy (non-hydrogen) atoms. The van der Waals surface area contributed by atoms with Gasteiger partial charge in [-0.05, 0) is 44.1 Å². The number of halogens is 1. The Morgan fingerprint density at radius 1 is 1.32 bits per heavy atom. The summed E-state index contributed by atoms with van der Waals surface area (Å²) in [6.45, 7) is 5.59. The number of hydrogen-bond donors (Lipinski definition) is 1. The van der Waals surface area contributed by atoms with Crippen LogP contribution in [0.5, 0.6) is 0 Å². The van der Waals surface area contributed by atoms with Crippen molar-refractivity contribution in [3.05, 3.63) is 34.9 Å². The average molecular weight is 299 g/mol. The monoisotopic (exact) mass is 298 g/mol. The number of carbonyl (C=O) groups excluding carboxylic acids is 1. The molecule has 1 rings (SSSR count). The SMILES string of the molecule is CCN(CC)C(=S)NC(=O)CCc1ccccc1Cl. The van der Waals surface area contributed by atoms with E-state index in [0.717, 1.165) is 18.7 Å². The fourth-order valence-corrected chi connectivity index (χ4v) is 2.32. The van der Waals surface area contributed by atoms with Gasteiger partial charge in [-0.15, -0.1) is 0 Å². The molecule has 1 aromatic carbocycles. The highest BCUT2D eigenvalue weighted by Gasteiger charge is 2.10. The third-order valence-electron chi connectivity index (χ3n) is 2.88. The number of carbonyl (C=O) groups is 1. The maximum atomic E-state index is 11.8. The van der Waals surface area contributed by atoms with E-state index in [9.17, 15) is 4.79 Å². The lowest BCUT2D eigenvalue weighted by Gasteiger charge is -2.21. The van der Waals surface area contributed by atoms with Crippen molar-refractivity contribution in [1.82, 2.24) is 10.2 Å². The second-order valence-electron chi connectivity index (χ2n) is 4.12. The zero-order valence-electron chi connectivity index (χ0n) is 11.3. The average Bonchev–Trinajstić information content (AvgIpc) is 2.39. The lowest BCUT2D eigenvalue weighted by atomic mass is 10.1. The van der Waals surface area contributed by atoms with E-state index in [4.69, 9.17) is 23.8 Å². The molecule has 104 valence electrons. The zero-order valence-corrected chi connectivity index (χ0v) is 12.9. The Bertz CT molecular complexity index is 447. The Labute approximate surface area is 124 Å². The molecule has 3 nitrogen and oxygen atoms in total. The summed E-state index contributed by atoms with van der Waals surface area (Å²) < 4.78 is 0. The second-order valence-corrected chi connectivity index (χ2v) is 4.91. The van der Waals surface area contributed by atoms with Crippen molar-refractivity contribution in [2.45, 2.75) is 26.7 Å². The van der Waals surface area contributed by atoms with E-state index in [2.05, 4.69) is 5.32 Å². The van der Waals surface area contributed by atoms with Gasteiger partial charge in [0.1, 0.15) is 0 Å². The molecular weight excluding hydrogens is 280 g/mol. The van der Waals surface area contributed by atoms with Gasteiger partial charge in [0.25, 0.3) is 0 Å². The molecule has 0 atom stereocenters. The van der Waals surface area contributed by atoms with E-state index < -0.39 is 0 Å². The Morgan fingerprint density at radius 3 is 2.53 bits per heavy atom. The lowest BCUT2D eigenvalue weighted by molar-refractivity contribution is -0.119. The first-order valence-corrected chi connectivity index (χ1v) is 7.19. The molecule has 0 aliphatic rings. The number of nitrogens with one attached hydrogen (secondary N) is 1. The minimum absolute atomic E-state index is 0.0724. The summed E-state index contributed by atoms with van der Waals surface area (Å²) in [7, 11) is 0. The first-order valence-electron chi connectivity index (χ1n) is 6.40. The number of thiocarbonyl (C=S) groups is 1. The molecule has 1 amide bonds. The van der Waals surface area contributed by atoms with Crippen molar-refractivity contribution >= 4 is 34.8 Å². The zero-order chi connectivity index (χ0) is 14.3. The van der Waals surface area contributed by atoms with Crippen molar-refractivity contribution in [2.75, 3.05) is 13.1 Å². The normalized spacial score (nSPS) is 10.1. The van der Waals surface area contributed by atoms with Gasteiger partial charge in [0.05, 0.1) is 0 Å². The van der Waals surface area contributed by atoms with Gasteiger partial charge in [-0.25, -0.2) is 0 Å². The van der Waals surface area contributed by atoms with Crippen molar-refractivity contribution in [3.63, 3.8) is 0 Å². The summed E-state index contributed by atoms with van der Waals surface area (Å²) in [6.07, 6.45) is 0.998. The predicted molar refractivity (Wildman–Crippen MR) is 83.4 cm³/mol. The summed E-state index contributed by atoms with van der Waals surface area (Å²) in [4.78, 5) is 13.7. The molecule has 1 aromatic rings.